The number of allylic oxidation sites excluding steroid dienone is 3. The minimum absolute atomic E-state index is 0.125. The highest BCUT2D eigenvalue weighted by Gasteiger charge is 2.20. The van der Waals surface area contributed by atoms with Crippen molar-refractivity contribution in [2.75, 3.05) is 0 Å². The molecule has 0 saturated carbocycles. The van der Waals surface area contributed by atoms with Crippen molar-refractivity contribution in [1.29, 1.82) is 0 Å². The number of carbonyl (C=O) groups excluding carboxylic acids is 1. The Kier molecular flexibility index (Phi) is 2.84. The Hall–Kier alpha value is -1.45. The van der Waals surface area contributed by atoms with Crippen LogP contribution in [0.15, 0.2) is 23.4 Å². The molecule has 1 rings (SSSR count). The smallest absolute Gasteiger partial charge is 0.330 e. The number of nitrogens with one attached hydrogen (secondary N) is 2. The van der Waals surface area contributed by atoms with E-state index in [4.69, 9.17) is 5.73 Å². The third-order valence-electron chi connectivity index (χ3n) is 2.01. The molecule has 0 aromatic heterocycles. The molecule has 4 nitrogen and oxygen atoms in total. The van der Waals surface area contributed by atoms with Gasteiger partial charge in [0.2, 0.25) is 0 Å². The molecule has 0 fully saturated rings. The van der Waals surface area contributed by atoms with Crippen molar-refractivity contribution in [2.45, 2.75) is 27.2 Å². The summed E-state index contributed by atoms with van der Waals surface area (Å²) < 4.78 is 0. The quantitative estimate of drug-likeness (QED) is 0.583. The lowest BCUT2D eigenvalue weighted by Crippen LogP contribution is -2.40. The van der Waals surface area contributed by atoms with Crippen molar-refractivity contribution < 1.29 is 4.79 Å². The lowest BCUT2D eigenvalue weighted by atomic mass is 9.82. The highest BCUT2D eigenvalue weighted by molar-refractivity contribution is 5.71. The second-order valence-electron chi connectivity index (χ2n) is 4.37. The maximum atomic E-state index is 10.5. The van der Waals surface area contributed by atoms with Gasteiger partial charge >= 0.3 is 6.03 Å². The maximum absolute atomic E-state index is 10.5. The summed E-state index contributed by atoms with van der Waals surface area (Å²) in [7, 11) is 0. The van der Waals surface area contributed by atoms with Crippen LogP contribution in [0.5, 0.6) is 0 Å². The van der Waals surface area contributed by atoms with E-state index in [0.717, 1.165) is 12.1 Å². The van der Waals surface area contributed by atoms with E-state index in [-0.39, 0.29) is 5.41 Å². The average Bonchev–Trinajstić information content (AvgIpc) is 1.96. The predicted octanol–water partition coefficient (Wildman–Crippen LogP) is 1.42. The fourth-order valence-electron chi connectivity index (χ4n) is 1.75. The summed E-state index contributed by atoms with van der Waals surface area (Å²) in [6.07, 6.45) is 5.12. The number of amides is 2. The molecule has 4 heteroatoms. The number of hydrogen-bond acceptors (Lipinski definition) is 2. The third kappa shape index (κ3) is 3.12. The minimum Gasteiger partial charge on any atom is -0.350 e. The molecule has 0 aliphatic heterocycles. The number of rotatable bonds is 2. The van der Waals surface area contributed by atoms with Crippen molar-refractivity contribution in [3.8, 4) is 0 Å². The molecule has 0 radical (unpaired) electrons. The van der Waals surface area contributed by atoms with Gasteiger partial charge in [0.1, 0.15) is 0 Å². The Balaban J connectivity index is 2.67. The van der Waals surface area contributed by atoms with Gasteiger partial charge in [-0.05, 0) is 24.8 Å². The van der Waals surface area contributed by atoms with E-state index >= 15 is 0 Å². The summed E-state index contributed by atoms with van der Waals surface area (Å²) >= 11 is 0. The van der Waals surface area contributed by atoms with Crippen molar-refractivity contribution in [3.05, 3.63) is 23.4 Å². The molecule has 0 heterocycles. The Bertz CT molecular complexity index is 302. The van der Waals surface area contributed by atoms with Crippen molar-refractivity contribution in [2.24, 2.45) is 11.1 Å². The molecule has 0 saturated heterocycles. The van der Waals surface area contributed by atoms with Crippen LogP contribution in [-0.4, -0.2) is 6.03 Å². The summed E-state index contributed by atoms with van der Waals surface area (Å²) in [4.78, 5) is 10.5. The zero-order valence-corrected chi connectivity index (χ0v) is 8.85. The first-order valence-electron chi connectivity index (χ1n) is 4.60. The van der Waals surface area contributed by atoms with Gasteiger partial charge in [-0.3, -0.25) is 10.9 Å². The molecule has 0 bridgehead atoms. The maximum Gasteiger partial charge on any atom is 0.330 e. The summed E-state index contributed by atoms with van der Waals surface area (Å²) in [5.41, 5.74) is 12.4. The first-order chi connectivity index (χ1) is 6.39. The molecule has 0 spiro atoms. The van der Waals surface area contributed by atoms with Gasteiger partial charge in [0.25, 0.3) is 0 Å². The van der Waals surface area contributed by atoms with E-state index in [1.54, 1.807) is 0 Å². The van der Waals surface area contributed by atoms with Gasteiger partial charge in [-0.1, -0.05) is 25.5 Å². The highest BCUT2D eigenvalue weighted by Crippen LogP contribution is 2.31. The molecular weight excluding hydrogens is 178 g/mol. The second kappa shape index (κ2) is 3.74. The van der Waals surface area contributed by atoms with Crippen LogP contribution in [0.1, 0.15) is 27.2 Å². The van der Waals surface area contributed by atoms with Gasteiger partial charge in [0.15, 0.2) is 0 Å². The van der Waals surface area contributed by atoms with Gasteiger partial charge < -0.3 is 5.73 Å². The molecule has 14 heavy (non-hydrogen) atoms. The molecule has 0 atom stereocenters. The largest absolute Gasteiger partial charge is 0.350 e. The fraction of sp³-hybridized carbons (Fsp3) is 0.500. The number of urea groups is 1. The van der Waals surface area contributed by atoms with E-state index in [1.165, 1.54) is 5.57 Å². The zero-order valence-electron chi connectivity index (χ0n) is 8.85. The van der Waals surface area contributed by atoms with Crippen molar-refractivity contribution >= 4 is 6.03 Å². The predicted molar refractivity (Wildman–Crippen MR) is 56.1 cm³/mol. The van der Waals surface area contributed by atoms with E-state index in [1.807, 2.05) is 6.08 Å². The minimum atomic E-state index is -0.583. The third-order valence-corrected chi connectivity index (χ3v) is 2.01. The Morgan fingerprint density at radius 1 is 1.57 bits per heavy atom. The van der Waals surface area contributed by atoms with E-state index in [2.05, 4.69) is 37.7 Å². The lowest BCUT2D eigenvalue weighted by Gasteiger charge is -2.26. The number of primary amides is 1. The first-order valence-corrected chi connectivity index (χ1v) is 4.60. The fourth-order valence-corrected chi connectivity index (χ4v) is 1.75. The van der Waals surface area contributed by atoms with Gasteiger partial charge in [-0.2, -0.15) is 0 Å². The molecule has 1 aliphatic rings. The summed E-state index contributed by atoms with van der Waals surface area (Å²) in [6.45, 7) is 6.37. The summed E-state index contributed by atoms with van der Waals surface area (Å²) in [6, 6.07) is -0.583. The normalized spacial score (nSPS) is 19.4. The lowest BCUT2D eigenvalue weighted by molar-refractivity contribution is 0.246. The van der Waals surface area contributed by atoms with Crippen LogP contribution in [0, 0.1) is 5.41 Å². The van der Waals surface area contributed by atoms with E-state index < -0.39 is 6.03 Å². The number of hydrazine groups is 1. The highest BCUT2D eigenvalue weighted by atomic mass is 16.2. The zero-order chi connectivity index (χ0) is 10.8. The van der Waals surface area contributed by atoms with Gasteiger partial charge in [0, 0.05) is 0 Å². The van der Waals surface area contributed by atoms with Crippen LogP contribution in [0.2, 0.25) is 0 Å². The van der Waals surface area contributed by atoms with Crippen LogP contribution >= 0.6 is 0 Å². The summed E-state index contributed by atoms with van der Waals surface area (Å²) in [5, 5.41) is 0. The van der Waals surface area contributed by atoms with E-state index in [9.17, 15) is 4.79 Å². The van der Waals surface area contributed by atoms with Crippen molar-refractivity contribution in [1.82, 2.24) is 10.9 Å². The second-order valence-corrected chi connectivity index (χ2v) is 4.37. The van der Waals surface area contributed by atoms with E-state index in [0.29, 0.717) is 0 Å². The standard InChI is InChI=1S/C10H17N3O/c1-7-4-8(12-13-9(11)14)6-10(2,3)5-7/h4,6,12H,5H2,1-3H3,(H3,11,13,14). The first kappa shape index (κ1) is 10.6. The molecule has 78 valence electrons. The number of hydrogen-bond donors (Lipinski definition) is 3. The Labute approximate surface area is 84.2 Å². The molecule has 0 aromatic rings. The molecule has 0 unspecified atom stereocenters. The van der Waals surface area contributed by atoms with Crippen LogP contribution in [-0.2, 0) is 0 Å². The number of carbonyl (C=O) groups is 1. The van der Waals surface area contributed by atoms with Crippen molar-refractivity contribution in [3.63, 3.8) is 0 Å². The monoisotopic (exact) mass is 195 g/mol. The van der Waals surface area contributed by atoms with Crippen LogP contribution in [0.25, 0.3) is 0 Å². The average molecular weight is 195 g/mol. The molecular formula is C10H17N3O. The molecule has 0 aromatic carbocycles. The number of nitrogens with two attached hydrogens (primary N) is 1. The van der Waals surface area contributed by atoms with Gasteiger partial charge in [0.05, 0.1) is 5.70 Å². The van der Waals surface area contributed by atoms with Crippen LogP contribution < -0.4 is 16.6 Å². The van der Waals surface area contributed by atoms with Crippen LogP contribution in [0.3, 0.4) is 0 Å². The molecule has 4 N–H and O–H groups in total. The van der Waals surface area contributed by atoms with Gasteiger partial charge in [-0.25, -0.2) is 4.79 Å². The summed E-state index contributed by atoms with van der Waals surface area (Å²) in [5.74, 6) is 0. The van der Waals surface area contributed by atoms with Gasteiger partial charge in [-0.15, -0.1) is 0 Å². The topological polar surface area (TPSA) is 67.2 Å². The van der Waals surface area contributed by atoms with Crippen LogP contribution in [0.4, 0.5) is 4.79 Å². The Morgan fingerprint density at radius 2 is 2.21 bits per heavy atom. The SMILES string of the molecule is CC1=CC(NNC(N)=O)=CC(C)(C)C1. The molecule has 1 aliphatic carbocycles. The molecule has 2 amide bonds. The Morgan fingerprint density at radius 3 is 2.71 bits per heavy atom.